The molecule has 0 aromatic heterocycles. The second kappa shape index (κ2) is 10.4. The van der Waals surface area contributed by atoms with Crippen LogP contribution in [0.5, 0.6) is 0 Å². The number of halogens is 2. The molecule has 3 nitrogen and oxygen atoms in total. The molecule has 27 heavy (non-hydrogen) atoms. The molecule has 0 amide bonds. The number of nitrogens with one attached hydrogen (secondary N) is 2. The predicted molar refractivity (Wildman–Crippen MR) is 118 cm³/mol. The van der Waals surface area contributed by atoms with E-state index >= 15 is 0 Å². The molecule has 3 N–H and O–H groups in total. The van der Waals surface area contributed by atoms with Gasteiger partial charge in [0.25, 0.3) is 0 Å². The minimum Gasteiger partial charge on any atom is -0.394 e. The number of hydrogen-bond acceptors (Lipinski definition) is 3. The number of aliphatic hydroxyl groups is 1. The highest BCUT2D eigenvalue weighted by molar-refractivity contribution is 6.31. The monoisotopic (exact) mass is 410 g/mol. The van der Waals surface area contributed by atoms with Gasteiger partial charge < -0.3 is 15.7 Å². The second-order valence-corrected chi connectivity index (χ2v) is 8.59. The molecule has 0 aliphatic rings. The number of rotatable bonds is 9. The highest BCUT2D eigenvalue weighted by Crippen LogP contribution is 2.25. The van der Waals surface area contributed by atoms with Crippen molar-refractivity contribution < 1.29 is 5.11 Å². The van der Waals surface area contributed by atoms with Crippen LogP contribution in [0.3, 0.4) is 0 Å². The van der Waals surface area contributed by atoms with E-state index in [-0.39, 0.29) is 36.1 Å². The van der Waals surface area contributed by atoms with Crippen LogP contribution in [0.2, 0.25) is 5.02 Å². The van der Waals surface area contributed by atoms with Crippen LogP contribution in [0.4, 0.5) is 0 Å². The molecule has 150 valence electrons. The summed E-state index contributed by atoms with van der Waals surface area (Å²) in [4.78, 5) is 0. The average Bonchev–Trinajstić information content (AvgIpc) is 2.62. The zero-order valence-electron chi connectivity index (χ0n) is 16.6. The summed E-state index contributed by atoms with van der Waals surface area (Å²) in [6.45, 7) is 9.20. The van der Waals surface area contributed by atoms with Gasteiger partial charge in [0.05, 0.1) is 6.61 Å². The van der Waals surface area contributed by atoms with Crippen molar-refractivity contribution in [3.05, 3.63) is 70.7 Å². The molecule has 1 unspecified atom stereocenters. The molecular weight excluding hydrogens is 379 g/mol. The first-order chi connectivity index (χ1) is 12.2. The Labute approximate surface area is 174 Å². The van der Waals surface area contributed by atoms with E-state index < -0.39 is 0 Å². The fourth-order valence-electron chi connectivity index (χ4n) is 2.86. The van der Waals surface area contributed by atoms with E-state index in [0.29, 0.717) is 0 Å². The van der Waals surface area contributed by atoms with Crippen LogP contribution >= 0.6 is 24.0 Å². The van der Waals surface area contributed by atoms with Gasteiger partial charge in [0.2, 0.25) is 0 Å². The fourth-order valence-corrected chi connectivity index (χ4v) is 3.07. The molecule has 0 saturated heterocycles. The summed E-state index contributed by atoms with van der Waals surface area (Å²) in [6, 6.07) is 18.6. The third kappa shape index (κ3) is 7.81. The van der Waals surface area contributed by atoms with Crippen LogP contribution in [0.1, 0.15) is 44.9 Å². The molecule has 0 aliphatic carbocycles. The third-order valence-electron chi connectivity index (χ3n) is 4.55. The molecule has 2 aromatic rings. The zero-order chi connectivity index (χ0) is 19.2. The van der Waals surface area contributed by atoms with Gasteiger partial charge in [-0.3, -0.25) is 0 Å². The Hall–Kier alpha value is -1.10. The molecule has 0 aliphatic heterocycles. The van der Waals surface area contributed by atoms with Crippen molar-refractivity contribution in [3.63, 3.8) is 0 Å². The maximum Gasteiger partial charge on any atom is 0.0607 e. The van der Waals surface area contributed by atoms with Gasteiger partial charge in [-0.2, -0.15) is 0 Å². The van der Waals surface area contributed by atoms with Gasteiger partial charge in [0.1, 0.15) is 0 Å². The van der Waals surface area contributed by atoms with Gasteiger partial charge in [-0.05, 0) is 51.3 Å². The van der Waals surface area contributed by atoms with Crippen LogP contribution < -0.4 is 10.6 Å². The molecule has 0 heterocycles. The van der Waals surface area contributed by atoms with Gasteiger partial charge in [-0.15, -0.1) is 12.4 Å². The summed E-state index contributed by atoms with van der Waals surface area (Å²) in [5.74, 6) is 0. The topological polar surface area (TPSA) is 44.3 Å². The van der Waals surface area contributed by atoms with Gasteiger partial charge in [0.15, 0.2) is 0 Å². The lowest BCUT2D eigenvalue weighted by Crippen LogP contribution is -2.55. The molecule has 0 radical (unpaired) electrons. The summed E-state index contributed by atoms with van der Waals surface area (Å²) in [6.07, 6.45) is 0.816. The van der Waals surface area contributed by atoms with Crippen LogP contribution in [-0.4, -0.2) is 29.3 Å². The lowest BCUT2D eigenvalue weighted by atomic mass is 9.94. The van der Waals surface area contributed by atoms with Crippen molar-refractivity contribution in [1.82, 2.24) is 10.6 Å². The summed E-state index contributed by atoms with van der Waals surface area (Å²) < 4.78 is 0. The lowest BCUT2D eigenvalue weighted by molar-refractivity contribution is 0.174. The Morgan fingerprint density at radius 1 is 0.926 bits per heavy atom. The van der Waals surface area contributed by atoms with Crippen molar-refractivity contribution >= 4 is 24.0 Å². The molecule has 0 fully saturated rings. The summed E-state index contributed by atoms with van der Waals surface area (Å²) in [7, 11) is 0. The molecule has 0 saturated carbocycles. The Bertz CT molecular complexity index is 690. The van der Waals surface area contributed by atoms with Crippen LogP contribution in [-0.2, 0) is 6.42 Å². The van der Waals surface area contributed by atoms with Gasteiger partial charge >= 0.3 is 0 Å². The van der Waals surface area contributed by atoms with E-state index in [2.05, 4.69) is 54.8 Å². The average molecular weight is 411 g/mol. The first-order valence-electron chi connectivity index (χ1n) is 9.14. The van der Waals surface area contributed by atoms with Crippen LogP contribution in [0, 0.1) is 0 Å². The number of hydrogen-bond donors (Lipinski definition) is 3. The van der Waals surface area contributed by atoms with Crippen molar-refractivity contribution in [1.29, 1.82) is 0 Å². The number of aliphatic hydroxyl groups excluding tert-OH is 1. The fraction of sp³-hybridized carbons (Fsp3) is 0.455. The molecule has 0 spiro atoms. The zero-order valence-corrected chi connectivity index (χ0v) is 18.2. The Kier molecular flexibility index (Phi) is 9.26. The molecule has 2 rings (SSSR count). The molecule has 0 bridgehead atoms. The van der Waals surface area contributed by atoms with Crippen LogP contribution in [0.15, 0.2) is 54.6 Å². The van der Waals surface area contributed by atoms with E-state index in [4.69, 9.17) is 11.6 Å². The third-order valence-corrected chi connectivity index (χ3v) is 4.92. The Morgan fingerprint density at radius 3 is 2.11 bits per heavy atom. The highest BCUT2D eigenvalue weighted by Gasteiger charge is 2.26. The minimum atomic E-state index is -0.302. The summed E-state index contributed by atoms with van der Waals surface area (Å²) >= 11 is 6.40. The highest BCUT2D eigenvalue weighted by atomic mass is 35.5. The van der Waals surface area contributed by atoms with Crippen molar-refractivity contribution in [2.45, 2.75) is 51.2 Å². The standard InChI is InChI=1S/C22H31ClN2O.ClH/c1-21(2,15-24-22(3,4)16-26)25-20(17-10-6-5-7-11-17)14-18-12-8-9-13-19(18)23;/h5-13,20,24-26H,14-16H2,1-4H3;1H. The second-order valence-electron chi connectivity index (χ2n) is 8.18. The van der Waals surface area contributed by atoms with Crippen molar-refractivity contribution in [2.24, 2.45) is 0 Å². The van der Waals surface area contributed by atoms with E-state index in [0.717, 1.165) is 23.6 Å². The maximum absolute atomic E-state index is 9.48. The smallest absolute Gasteiger partial charge is 0.0607 e. The van der Waals surface area contributed by atoms with Gasteiger partial charge in [-0.25, -0.2) is 0 Å². The Balaban J connectivity index is 0.00000364. The minimum absolute atomic E-state index is 0. The largest absolute Gasteiger partial charge is 0.394 e. The predicted octanol–water partition coefficient (Wildman–Crippen LogP) is 4.77. The molecule has 1 atom stereocenters. The van der Waals surface area contributed by atoms with E-state index in [1.165, 1.54) is 5.56 Å². The first-order valence-corrected chi connectivity index (χ1v) is 9.52. The summed E-state index contributed by atoms with van der Waals surface area (Å²) in [5, 5.41) is 17.5. The van der Waals surface area contributed by atoms with E-state index in [1.54, 1.807) is 0 Å². The lowest BCUT2D eigenvalue weighted by Gasteiger charge is -2.36. The molecule has 2 aromatic carbocycles. The van der Waals surface area contributed by atoms with Crippen molar-refractivity contribution in [3.8, 4) is 0 Å². The first kappa shape index (κ1) is 23.9. The van der Waals surface area contributed by atoms with Crippen LogP contribution in [0.25, 0.3) is 0 Å². The Morgan fingerprint density at radius 2 is 1.52 bits per heavy atom. The SMILES string of the molecule is CC(C)(CO)NCC(C)(C)NC(Cc1ccccc1Cl)c1ccccc1.Cl. The van der Waals surface area contributed by atoms with E-state index in [1.807, 2.05) is 38.1 Å². The quantitative estimate of drug-likeness (QED) is 0.557. The molecule has 5 heteroatoms. The normalized spacial score (nSPS) is 13.1. The van der Waals surface area contributed by atoms with Gasteiger partial charge in [0, 0.05) is 28.7 Å². The van der Waals surface area contributed by atoms with E-state index in [9.17, 15) is 5.11 Å². The molecular formula is C22H32Cl2N2O. The maximum atomic E-state index is 9.48. The van der Waals surface area contributed by atoms with Gasteiger partial charge in [-0.1, -0.05) is 60.1 Å². The summed E-state index contributed by atoms with van der Waals surface area (Å²) in [5.41, 5.74) is 1.91. The number of benzene rings is 2. The van der Waals surface area contributed by atoms with Crippen molar-refractivity contribution in [2.75, 3.05) is 13.2 Å².